The van der Waals surface area contributed by atoms with Gasteiger partial charge in [0.1, 0.15) is 6.04 Å². The van der Waals surface area contributed by atoms with Gasteiger partial charge in [0.2, 0.25) is 0 Å². The molecule has 5 nitrogen and oxygen atoms in total. The van der Waals surface area contributed by atoms with E-state index in [4.69, 9.17) is 9.47 Å². The fraction of sp³-hybridized carbons (Fsp3) is 0.913. The number of nitrogens with zero attached hydrogens (tertiary/aromatic N) is 1. The largest absolute Gasteiger partial charge is 0.464 e. The first-order valence-corrected chi connectivity index (χ1v) is 11.8. The molecule has 0 spiro atoms. The summed E-state index contributed by atoms with van der Waals surface area (Å²) in [6, 6.07) is -0.457. The van der Waals surface area contributed by atoms with Gasteiger partial charge in [-0.3, -0.25) is 4.90 Å². The van der Waals surface area contributed by atoms with Crippen LogP contribution >= 0.6 is 0 Å². The predicted molar refractivity (Wildman–Crippen MR) is 113 cm³/mol. The van der Waals surface area contributed by atoms with Gasteiger partial charge in [-0.25, -0.2) is 9.59 Å². The van der Waals surface area contributed by atoms with E-state index < -0.39 is 6.04 Å². The lowest BCUT2D eigenvalue weighted by atomic mass is 10.1. The molecule has 1 atom stereocenters. The van der Waals surface area contributed by atoms with E-state index in [1.165, 1.54) is 69.1 Å². The van der Waals surface area contributed by atoms with Crippen LogP contribution < -0.4 is 0 Å². The van der Waals surface area contributed by atoms with Crippen LogP contribution in [0.4, 0.5) is 4.79 Å². The third kappa shape index (κ3) is 10.9. The molecule has 1 unspecified atom stereocenters. The van der Waals surface area contributed by atoms with E-state index in [-0.39, 0.29) is 12.1 Å². The Balaban J connectivity index is 1.98. The Bertz CT molecular complexity index is 413. The number of ether oxygens (including phenoxy) is 2. The topological polar surface area (TPSA) is 55.8 Å². The van der Waals surface area contributed by atoms with E-state index in [1.807, 2.05) is 6.92 Å². The molecular formula is C23H43NO4. The standard InChI is InChI=1S/C23H43NO4/c1-3-5-6-7-8-9-10-11-12-13-14-15-20-27-22(25)21-17-16-18-24(21)23(26)28-19-4-2/h21H,3-20H2,1-2H3. The van der Waals surface area contributed by atoms with Gasteiger partial charge in [0.15, 0.2) is 0 Å². The number of unbranched alkanes of at least 4 members (excludes halogenated alkanes) is 11. The monoisotopic (exact) mass is 397 g/mol. The summed E-state index contributed by atoms with van der Waals surface area (Å²) in [5, 5.41) is 0. The number of hydrogen-bond donors (Lipinski definition) is 0. The number of hydrogen-bond acceptors (Lipinski definition) is 4. The highest BCUT2D eigenvalue weighted by Gasteiger charge is 2.36. The smallest absolute Gasteiger partial charge is 0.410 e. The fourth-order valence-corrected chi connectivity index (χ4v) is 3.71. The molecule has 1 rings (SSSR count). The average molecular weight is 398 g/mol. The molecular weight excluding hydrogens is 354 g/mol. The normalized spacial score (nSPS) is 16.4. The summed E-state index contributed by atoms with van der Waals surface area (Å²) < 4.78 is 10.6. The van der Waals surface area contributed by atoms with Crippen molar-refractivity contribution in [3.05, 3.63) is 0 Å². The Morgan fingerprint density at radius 3 is 1.89 bits per heavy atom. The molecule has 1 saturated heterocycles. The average Bonchev–Trinajstić information content (AvgIpc) is 3.19. The second-order valence-corrected chi connectivity index (χ2v) is 8.02. The lowest BCUT2D eigenvalue weighted by Gasteiger charge is -2.22. The number of amides is 1. The lowest BCUT2D eigenvalue weighted by Crippen LogP contribution is -2.41. The molecule has 0 aromatic rings. The highest BCUT2D eigenvalue weighted by Crippen LogP contribution is 2.20. The van der Waals surface area contributed by atoms with E-state index in [9.17, 15) is 9.59 Å². The van der Waals surface area contributed by atoms with E-state index in [2.05, 4.69) is 6.92 Å². The van der Waals surface area contributed by atoms with Crippen molar-refractivity contribution in [2.45, 2.75) is 116 Å². The van der Waals surface area contributed by atoms with Crippen LogP contribution in [0.5, 0.6) is 0 Å². The molecule has 1 heterocycles. The third-order valence-electron chi connectivity index (χ3n) is 5.43. The molecule has 1 aliphatic heterocycles. The second kappa shape index (κ2) is 16.7. The Labute approximate surface area is 172 Å². The molecule has 0 saturated carbocycles. The Morgan fingerprint density at radius 2 is 1.32 bits per heavy atom. The van der Waals surface area contributed by atoms with Gasteiger partial charge in [0, 0.05) is 6.54 Å². The van der Waals surface area contributed by atoms with E-state index in [1.54, 1.807) is 0 Å². The number of carbonyl (C=O) groups is 2. The summed E-state index contributed by atoms with van der Waals surface area (Å²) in [5.41, 5.74) is 0. The fourth-order valence-electron chi connectivity index (χ4n) is 3.71. The molecule has 5 heteroatoms. The Morgan fingerprint density at radius 1 is 0.750 bits per heavy atom. The minimum Gasteiger partial charge on any atom is -0.464 e. The predicted octanol–water partition coefficient (Wildman–Crippen LogP) is 6.24. The lowest BCUT2D eigenvalue weighted by molar-refractivity contribution is -0.148. The van der Waals surface area contributed by atoms with Crippen molar-refractivity contribution in [1.82, 2.24) is 4.90 Å². The number of likely N-dealkylation sites (tertiary alicyclic amines) is 1. The summed E-state index contributed by atoms with van der Waals surface area (Å²) in [6.07, 6.45) is 17.4. The minimum atomic E-state index is -0.457. The highest BCUT2D eigenvalue weighted by molar-refractivity contribution is 5.82. The van der Waals surface area contributed by atoms with Gasteiger partial charge in [0.25, 0.3) is 0 Å². The van der Waals surface area contributed by atoms with Crippen LogP contribution in [0.15, 0.2) is 0 Å². The van der Waals surface area contributed by atoms with Crippen LogP contribution in [0.2, 0.25) is 0 Å². The van der Waals surface area contributed by atoms with Crippen LogP contribution in [0.3, 0.4) is 0 Å². The highest BCUT2D eigenvalue weighted by atomic mass is 16.6. The number of rotatable bonds is 16. The molecule has 0 aromatic heterocycles. The summed E-state index contributed by atoms with van der Waals surface area (Å²) in [5.74, 6) is -0.269. The zero-order chi connectivity index (χ0) is 20.5. The summed E-state index contributed by atoms with van der Waals surface area (Å²) in [7, 11) is 0. The molecule has 0 N–H and O–H groups in total. The summed E-state index contributed by atoms with van der Waals surface area (Å²) >= 11 is 0. The molecule has 0 aromatic carbocycles. The van der Waals surface area contributed by atoms with Gasteiger partial charge < -0.3 is 9.47 Å². The molecule has 1 aliphatic rings. The van der Waals surface area contributed by atoms with Gasteiger partial charge in [-0.2, -0.15) is 0 Å². The Kier molecular flexibility index (Phi) is 14.8. The zero-order valence-corrected chi connectivity index (χ0v) is 18.4. The maximum absolute atomic E-state index is 12.3. The third-order valence-corrected chi connectivity index (χ3v) is 5.43. The summed E-state index contributed by atoms with van der Waals surface area (Å²) in [4.78, 5) is 25.8. The first kappa shape index (κ1) is 24.8. The van der Waals surface area contributed by atoms with Crippen LogP contribution in [0.25, 0.3) is 0 Å². The summed E-state index contributed by atoms with van der Waals surface area (Å²) in [6.45, 7) is 5.66. The van der Waals surface area contributed by atoms with Crippen molar-refractivity contribution in [2.24, 2.45) is 0 Å². The van der Waals surface area contributed by atoms with Crippen LogP contribution in [-0.4, -0.2) is 42.8 Å². The van der Waals surface area contributed by atoms with E-state index >= 15 is 0 Å². The molecule has 1 fully saturated rings. The van der Waals surface area contributed by atoms with Gasteiger partial charge in [-0.05, 0) is 25.7 Å². The van der Waals surface area contributed by atoms with Crippen molar-refractivity contribution < 1.29 is 19.1 Å². The zero-order valence-electron chi connectivity index (χ0n) is 18.4. The quantitative estimate of drug-likeness (QED) is 0.228. The van der Waals surface area contributed by atoms with Gasteiger partial charge >= 0.3 is 12.1 Å². The molecule has 0 bridgehead atoms. The van der Waals surface area contributed by atoms with Crippen LogP contribution in [0.1, 0.15) is 110 Å². The van der Waals surface area contributed by atoms with Gasteiger partial charge in [0.05, 0.1) is 13.2 Å². The molecule has 1 amide bonds. The SMILES string of the molecule is CCCCCCCCCCCCCCOC(=O)C1CCCN1C(=O)OCCC. The van der Waals surface area contributed by atoms with E-state index in [0.29, 0.717) is 26.2 Å². The minimum absolute atomic E-state index is 0.269. The van der Waals surface area contributed by atoms with Crippen molar-refractivity contribution in [2.75, 3.05) is 19.8 Å². The van der Waals surface area contributed by atoms with Crippen molar-refractivity contribution in [1.29, 1.82) is 0 Å². The second-order valence-electron chi connectivity index (χ2n) is 8.02. The van der Waals surface area contributed by atoms with Crippen molar-refractivity contribution in [3.8, 4) is 0 Å². The number of esters is 1. The molecule has 0 aliphatic carbocycles. The van der Waals surface area contributed by atoms with Gasteiger partial charge in [-0.15, -0.1) is 0 Å². The van der Waals surface area contributed by atoms with Crippen LogP contribution in [-0.2, 0) is 14.3 Å². The Hall–Kier alpha value is -1.26. The molecule has 0 radical (unpaired) electrons. The molecule has 28 heavy (non-hydrogen) atoms. The van der Waals surface area contributed by atoms with Crippen LogP contribution in [0, 0.1) is 0 Å². The van der Waals surface area contributed by atoms with Crippen molar-refractivity contribution in [3.63, 3.8) is 0 Å². The first-order chi connectivity index (χ1) is 13.7. The van der Waals surface area contributed by atoms with Gasteiger partial charge in [-0.1, -0.05) is 84.5 Å². The maximum Gasteiger partial charge on any atom is 0.410 e. The van der Waals surface area contributed by atoms with E-state index in [0.717, 1.165) is 25.7 Å². The first-order valence-electron chi connectivity index (χ1n) is 11.8. The number of carbonyl (C=O) groups excluding carboxylic acids is 2. The van der Waals surface area contributed by atoms with Crippen molar-refractivity contribution >= 4 is 12.1 Å². The maximum atomic E-state index is 12.3. The molecule has 164 valence electrons.